The lowest BCUT2D eigenvalue weighted by Gasteiger charge is -2.24. The number of ether oxygens (including phenoxy) is 2. The van der Waals surface area contributed by atoms with Crippen molar-refractivity contribution < 1.29 is 22.7 Å². The molecule has 0 saturated heterocycles. The number of hydrogen-bond acceptors (Lipinski definition) is 5. The smallest absolute Gasteiger partial charge is 0.264 e. The number of nitrogens with one attached hydrogen (secondary N) is 1. The van der Waals surface area contributed by atoms with Gasteiger partial charge in [0, 0.05) is 4.47 Å². The van der Waals surface area contributed by atoms with Gasteiger partial charge in [-0.2, -0.15) is 0 Å². The van der Waals surface area contributed by atoms with E-state index in [0.717, 1.165) is 20.1 Å². The summed E-state index contributed by atoms with van der Waals surface area (Å²) in [4.78, 5) is 12.8. The molecule has 34 heavy (non-hydrogen) atoms. The summed E-state index contributed by atoms with van der Waals surface area (Å²) >= 11 is 3.32. The number of carbonyl (C=O) groups is 1. The van der Waals surface area contributed by atoms with Crippen LogP contribution in [0.3, 0.4) is 0 Å². The van der Waals surface area contributed by atoms with Crippen LogP contribution < -0.4 is 19.1 Å². The minimum absolute atomic E-state index is 0.0836. The Hall–Kier alpha value is -3.04. The second-order valence-corrected chi connectivity index (χ2v) is 10.1. The number of halogens is 1. The maximum absolute atomic E-state index is 13.4. The van der Waals surface area contributed by atoms with Gasteiger partial charge in [-0.15, -0.1) is 0 Å². The molecule has 3 rings (SSSR count). The van der Waals surface area contributed by atoms with Gasteiger partial charge in [-0.3, -0.25) is 9.10 Å². The molecule has 0 atom stereocenters. The zero-order chi connectivity index (χ0) is 24.6. The molecule has 9 heteroatoms. The van der Waals surface area contributed by atoms with Crippen molar-refractivity contribution in [1.82, 2.24) is 5.32 Å². The summed E-state index contributed by atoms with van der Waals surface area (Å²) in [6.07, 6.45) is 0. The number of sulfonamides is 1. The second-order valence-electron chi connectivity index (χ2n) is 7.36. The molecule has 0 heterocycles. The maximum Gasteiger partial charge on any atom is 0.264 e. The Bertz CT molecular complexity index is 1200. The molecule has 0 unspecified atom stereocenters. The molecule has 0 fully saturated rings. The predicted octanol–water partition coefficient (Wildman–Crippen LogP) is 4.55. The van der Waals surface area contributed by atoms with Crippen molar-refractivity contribution in [3.05, 3.63) is 82.8 Å². The van der Waals surface area contributed by atoms with E-state index in [1.165, 1.54) is 12.1 Å². The standard InChI is InChI=1S/C25H27BrN2O5S/c1-3-32-22-12-10-21(11-13-22)28(34(30,31)23-14-8-20(26)9-15-23)18-25(29)27-16-17-33-24-7-5-4-6-19(24)2/h4-15H,3,16-18H2,1-2H3,(H,27,29). The van der Waals surface area contributed by atoms with E-state index in [-0.39, 0.29) is 24.6 Å². The van der Waals surface area contributed by atoms with Gasteiger partial charge in [-0.25, -0.2) is 8.42 Å². The monoisotopic (exact) mass is 546 g/mol. The van der Waals surface area contributed by atoms with E-state index in [0.29, 0.717) is 18.0 Å². The molecule has 0 aliphatic rings. The minimum atomic E-state index is -3.99. The minimum Gasteiger partial charge on any atom is -0.494 e. The van der Waals surface area contributed by atoms with Gasteiger partial charge < -0.3 is 14.8 Å². The van der Waals surface area contributed by atoms with E-state index >= 15 is 0 Å². The highest BCUT2D eigenvalue weighted by atomic mass is 79.9. The van der Waals surface area contributed by atoms with E-state index in [9.17, 15) is 13.2 Å². The molecule has 3 aromatic rings. The number of benzene rings is 3. The van der Waals surface area contributed by atoms with Gasteiger partial charge in [0.05, 0.1) is 23.7 Å². The van der Waals surface area contributed by atoms with E-state index in [4.69, 9.17) is 9.47 Å². The van der Waals surface area contributed by atoms with Crippen LogP contribution in [0.25, 0.3) is 0 Å². The third-order valence-electron chi connectivity index (χ3n) is 4.90. The number of rotatable bonds is 11. The second kappa shape index (κ2) is 11.9. The van der Waals surface area contributed by atoms with E-state index < -0.39 is 15.9 Å². The Morgan fingerprint density at radius 3 is 2.29 bits per heavy atom. The average molecular weight is 547 g/mol. The Balaban J connectivity index is 1.73. The number of hydrogen-bond donors (Lipinski definition) is 1. The van der Waals surface area contributed by atoms with Crippen LogP contribution in [0.2, 0.25) is 0 Å². The molecule has 0 aromatic heterocycles. The van der Waals surface area contributed by atoms with Crippen molar-refractivity contribution in [2.75, 3.05) is 30.6 Å². The van der Waals surface area contributed by atoms with Crippen LogP contribution in [-0.4, -0.2) is 40.6 Å². The quantitative estimate of drug-likeness (QED) is 0.356. The molecule has 0 bridgehead atoms. The number of aryl methyl sites for hydroxylation is 1. The summed E-state index contributed by atoms with van der Waals surface area (Å²) in [5, 5.41) is 2.73. The van der Waals surface area contributed by atoms with Crippen LogP contribution in [0.5, 0.6) is 11.5 Å². The fourth-order valence-electron chi connectivity index (χ4n) is 3.18. The normalized spacial score (nSPS) is 11.0. The molecule has 0 saturated carbocycles. The molecule has 0 spiro atoms. The van der Waals surface area contributed by atoms with Crippen LogP contribution in [0.1, 0.15) is 12.5 Å². The van der Waals surface area contributed by atoms with Crippen LogP contribution in [-0.2, 0) is 14.8 Å². The molecule has 3 aromatic carbocycles. The highest BCUT2D eigenvalue weighted by Gasteiger charge is 2.27. The van der Waals surface area contributed by atoms with Crippen LogP contribution in [0.4, 0.5) is 5.69 Å². The summed E-state index contributed by atoms with van der Waals surface area (Å²) in [6, 6.07) is 20.5. The Labute approximate surface area is 208 Å². The summed E-state index contributed by atoms with van der Waals surface area (Å²) in [6.45, 7) is 4.42. The van der Waals surface area contributed by atoms with Crippen molar-refractivity contribution in [2.24, 2.45) is 0 Å². The molecular formula is C25H27BrN2O5S. The summed E-state index contributed by atoms with van der Waals surface area (Å²) < 4.78 is 39.8. The van der Waals surface area contributed by atoms with Crippen molar-refractivity contribution in [2.45, 2.75) is 18.7 Å². The lowest BCUT2D eigenvalue weighted by atomic mass is 10.2. The molecular weight excluding hydrogens is 520 g/mol. The van der Waals surface area contributed by atoms with Gasteiger partial charge in [-0.05, 0) is 74.0 Å². The molecule has 180 valence electrons. The third-order valence-corrected chi connectivity index (χ3v) is 7.22. The van der Waals surface area contributed by atoms with E-state index in [1.807, 2.05) is 38.1 Å². The van der Waals surface area contributed by atoms with Gasteiger partial charge in [0.2, 0.25) is 5.91 Å². The first-order valence-corrected chi connectivity index (χ1v) is 13.0. The summed E-state index contributed by atoms with van der Waals surface area (Å²) in [5.74, 6) is 0.915. The van der Waals surface area contributed by atoms with Gasteiger partial charge >= 0.3 is 0 Å². The maximum atomic E-state index is 13.4. The first kappa shape index (κ1) is 25.6. The first-order chi connectivity index (χ1) is 16.3. The number of nitrogens with zero attached hydrogens (tertiary/aromatic N) is 1. The molecule has 1 amide bonds. The molecule has 0 aliphatic carbocycles. The Morgan fingerprint density at radius 1 is 0.971 bits per heavy atom. The topological polar surface area (TPSA) is 84.9 Å². The molecule has 1 N–H and O–H groups in total. The van der Waals surface area contributed by atoms with Crippen molar-refractivity contribution in [3.63, 3.8) is 0 Å². The SMILES string of the molecule is CCOc1ccc(N(CC(=O)NCCOc2ccccc2C)S(=O)(=O)c2ccc(Br)cc2)cc1. The van der Waals surface area contributed by atoms with Crippen LogP contribution >= 0.6 is 15.9 Å². The lowest BCUT2D eigenvalue weighted by molar-refractivity contribution is -0.119. The molecule has 7 nitrogen and oxygen atoms in total. The van der Waals surface area contributed by atoms with Crippen molar-refractivity contribution in [1.29, 1.82) is 0 Å². The van der Waals surface area contributed by atoms with Gasteiger partial charge in [0.1, 0.15) is 24.7 Å². The predicted molar refractivity (Wildman–Crippen MR) is 136 cm³/mol. The Morgan fingerprint density at radius 2 is 1.65 bits per heavy atom. The molecule has 0 radical (unpaired) electrons. The highest BCUT2D eigenvalue weighted by Crippen LogP contribution is 2.26. The third kappa shape index (κ3) is 6.74. The van der Waals surface area contributed by atoms with E-state index in [2.05, 4.69) is 21.2 Å². The lowest BCUT2D eigenvalue weighted by Crippen LogP contribution is -2.41. The highest BCUT2D eigenvalue weighted by molar-refractivity contribution is 9.10. The van der Waals surface area contributed by atoms with Crippen molar-refractivity contribution in [3.8, 4) is 11.5 Å². The van der Waals surface area contributed by atoms with E-state index in [1.54, 1.807) is 36.4 Å². The number of anilines is 1. The number of para-hydroxylation sites is 1. The number of carbonyl (C=O) groups excluding carboxylic acids is 1. The largest absolute Gasteiger partial charge is 0.494 e. The van der Waals surface area contributed by atoms with Gasteiger partial charge in [-0.1, -0.05) is 34.1 Å². The van der Waals surface area contributed by atoms with Gasteiger partial charge in [0.25, 0.3) is 10.0 Å². The van der Waals surface area contributed by atoms with Gasteiger partial charge in [0.15, 0.2) is 0 Å². The Kier molecular flexibility index (Phi) is 8.95. The average Bonchev–Trinajstić information content (AvgIpc) is 2.82. The fraction of sp³-hybridized carbons (Fsp3) is 0.240. The summed E-state index contributed by atoms with van der Waals surface area (Å²) in [5.41, 5.74) is 1.36. The fourth-order valence-corrected chi connectivity index (χ4v) is 4.87. The zero-order valence-electron chi connectivity index (χ0n) is 19.0. The zero-order valence-corrected chi connectivity index (χ0v) is 21.4. The first-order valence-electron chi connectivity index (χ1n) is 10.8. The number of amides is 1. The van der Waals surface area contributed by atoms with Crippen molar-refractivity contribution >= 4 is 37.5 Å². The van der Waals surface area contributed by atoms with Crippen LogP contribution in [0, 0.1) is 6.92 Å². The van der Waals surface area contributed by atoms with Crippen LogP contribution in [0.15, 0.2) is 82.2 Å². The molecule has 0 aliphatic heterocycles. The summed E-state index contributed by atoms with van der Waals surface area (Å²) in [7, 11) is -3.99.